The van der Waals surface area contributed by atoms with Gasteiger partial charge < -0.3 is 0 Å². The number of halogens is 3. The number of Topliss-reactive ketones (excluding diaryl/α,β-unsaturated/α-hetero) is 1. The van der Waals surface area contributed by atoms with Crippen molar-refractivity contribution in [3.8, 4) is 11.1 Å². The maximum Gasteiger partial charge on any atom is 0.418 e. The zero-order valence-electron chi connectivity index (χ0n) is 13.2. The van der Waals surface area contributed by atoms with E-state index in [2.05, 4.69) is 4.98 Å². The number of pyridine rings is 1. The standard InChI is InChI=1S/C18H18F3NO/c1-4-12-6-5-7-13(8-12)14-9-15(18(19,20)21)16(22-10-14)17(23)11(2)3/h5-11H,4H2,1-3H3. The Morgan fingerprint density at radius 3 is 2.43 bits per heavy atom. The molecule has 1 heterocycles. The number of ketones is 1. The Balaban J connectivity index is 2.58. The van der Waals surface area contributed by atoms with Gasteiger partial charge in [0.2, 0.25) is 0 Å². The molecule has 0 unspecified atom stereocenters. The van der Waals surface area contributed by atoms with Crippen LogP contribution in [0, 0.1) is 5.92 Å². The van der Waals surface area contributed by atoms with Crippen molar-refractivity contribution in [2.24, 2.45) is 5.92 Å². The molecule has 1 aromatic heterocycles. The fraction of sp³-hybridized carbons (Fsp3) is 0.333. The predicted molar refractivity (Wildman–Crippen MR) is 83.2 cm³/mol. The number of carbonyl (C=O) groups excluding carboxylic acids is 1. The average molecular weight is 321 g/mol. The van der Waals surface area contributed by atoms with Crippen LogP contribution in [0.3, 0.4) is 0 Å². The lowest BCUT2D eigenvalue weighted by atomic mass is 9.97. The van der Waals surface area contributed by atoms with E-state index in [1.54, 1.807) is 26.0 Å². The number of rotatable bonds is 4. The second-order valence-electron chi connectivity index (χ2n) is 5.69. The van der Waals surface area contributed by atoms with Crippen molar-refractivity contribution in [3.05, 3.63) is 53.3 Å². The Morgan fingerprint density at radius 1 is 1.17 bits per heavy atom. The summed E-state index contributed by atoms with van der Waals surface area (Å²) < 4.78 is 40.0. The second kappa shape index (κ2) is 6.52. The summed E-state index contributed by atoms with van der Waals surface area (Å²) in [5.74, 6) is -1.15. The first-order valence-corrected chi connectivity index (χ1v) is 7.44. The van der Waals surface area contributed by atoms with Gasteiger partial charge in [0.05, 0.1) is 5.56 Å². The van der Waals surface area contributed by atoms with Gasteiger partial charge in [-0.2, -0.15) is 13.2 Å². The van der Waals surface area contributed by atoms with Crippen molar-refractivity contribution in [1.29, 1.82) is 0 Å². The van der Waals surface area contributed by atoms with E-state index in [0.29, 0.717) is 11.1 Å². The van der Waals surface area contributed by atoms with Crippen LogP contribution in [0.4, 0.5) is 13.2 Å². The SMILES string of the molecule is CCc1cccc(-c2cnc(C(=O)C(C)C)c(C(F)(F)F)c2)c1. The molecule has 0 aliphatic heterocycles. The summed E-state index contributed by atoms with van der Waals surface area (Å²) in [6.45, 7) is 5.09. The Bertz CT molecular complexity index is 720. The Hall–Kier alpha value is -2.17. The van der Waals surface area contributed by atoms with Crippen molar-refractivity contribution >= 4 is 5.78 Å². The van der Waals surface area contributed by atoms with E-state index in [1.165, 1.54) is 6.20 Å². The summed E-state index contributed by atoms with van der Waals surface area (Å²) in [6, 6.07) is 8.30. The number of benzene rings is 1. The lowest BCUT2D eigenvalue weighted by molar-refractivity contribution is -0.138. The van der Waals surface area contributed by atoms with Crippen LogP contribution in [0.1, 0.15) is 42.4 Å². The van der Waals surface area contributed by atoms with Crippen molar-refractivity contribution in [1.82, 2.24) is 4.98 Å². The normalized spacial score (nSPS) is 11.8. The quantitative estimate of drug-likeness (QED) is 0.727. The molecule has 0 fully saturated rings. The van der Waals surface area contributed by atoms with E-state index in [9.17, 15) is 18.0 Å². The fourth-order valence-electron chi connectivity index (χ4n) is 2.28. The van der Waals surface area contributed by atoms with Gasteiger partial charge in [-0.15, -0.1) is 0 Å². The third-order valence-corrected chi connectivity index (χ3v) is 3.62. The average Bonchev–Trinajstić information content (AvgIpc) is 2.52. The number of hydrogen-bond acceptors (Lipinski definition) is 2. The molecule has 0 spiro atoms. The number of alkyl halides is 3. The summed E-state index contributed by atoms with van der Waals surface area (Å²) >= 11 is 0. The first kappa shape index (κ1) is 17.2. The third-order valence-electron chi connectivity index (χ3n) is 3.62. The van der Waals surface area contributed by atoms with Gasteiger partial charge in [-0.3, -0.25) is 9.78 Å². The molecule has 23 heavy (non-hydrogen) atoms. The van der Waals surface area contributed by atoms with Gasteiger partial charge in [0.1, 0.15) is 5.69 Å². The summed E-state index contributed by atoms with van der Waals surface area (Å²) in [5.41, 5.74) is 0.552. The summed E-state index contributed by atoms with van der Waals surface area (Å²) in [4.78, 5) is 15.8. The van der Waals surface area contributed by atoms with Crippen LogP contribution in [-0.2, 0) is 12.6 Å². The minimum atomic E-state index is -4.62. The third kappa shape index (κ3) is 3.78. The van der Waals surface area contributed by atoms with E-state index >= 15 is 0 Å². The largest absolute Gasteiger partial charge is 0.418 e. The molecule has 0 bridgehead atoms. The molecular formula is C18H18F3NO. The van der Waals surface area contributed by atoms with Gasteiger partial charge in [-0.1, -0.05) is 45.0 Å². The van der Waals surface area contributed by atoms with Gasteiger partial charge in [0, 0.05) is 17.7 Å². The molecule has 0 aliphatic rings. The number of hydrogen-bond donors (Lipinski definition) is 0. The van der Waals surface area contributed by atoms with E-state index in [4.69, 9.17) is 0 Å². The zero-order valence-corrected chi connectivity index (χ0v) is 13.2. The molecule has 1 aromatic carbocycles. The highest BCUT2D eigenvalue weighted by molar-refractivity contribution is 5.97. The smallest absolute Gasteiger partial charge is 0.292 e. The molecule has 0 saturated heterocycles. The maximum absolute atomic E-state index is 13.3. The predicted octanol–water partition coefficient (Wildman–Crippen LogP) is 5.17. The van der Waals surface area contributed by atoms with Crippen molar-refractivity contribution in [2.45, 2.75) is 33.4 Å². The van der Waals surface area contributed by atoms with Crippen LogP contribution in [0.25, 0.3) is 11.1 Å². The Labute approximate surface area is 133 Å². The topological polar surface area (TPSA) is 30.0 Å². The zero-order chi connectivity index (χ0) is 17.2. The highest BCUT2D eigenvalue weighted by Crippen LogP contribution is 2.35. The number of aromatic nitrogens is 1. The minimum absolute atomic E-state index is 0.355. The lowest BCUT2D eigenvalue weighted by Gasteiger charge is -2.14. The fourth-order valence-corrected chi connectivity index (χ4v) is 2.28. The highest BCUT2D eigenvalue weighted by Gasteiger charge is 2.37. The van der Waals surface area contributed by atoms with E-state index < -0.39 is 29.1 Å². The summed E-state index contributed by atoms with van der Waals surface area (Å²) in [7, 11) is 0. The molecule has 2 rings (SSSR count). The first-order chi connectivity index (χ1) is 10.7. The molecule has 0 saturated carbocycles. The molecule has 5 heteroatoms. The van der Waals surface area contributed by atoms with Crippen LogP contribution in [-0.4, -0.2) is 10.8 Å². The number of carbonyl (C=O) groups is 1. The first-order valence-electron chi connectivity index (χ1n) is 7.44. The van der Waals surface area contributed by atoms with E-state index in [1.807, 2.05) is 19.1 Å². The van der Waals surface area contributed by atoms with Crippen LogP contribution < -0.4 is 0 Å². The molecule has 0 radical (unpaired) electrons. The van der Waals surface area contributed by atoms with Gasteiger partial charge in [0.15, 0.2) is 5.78 Å². The lowest BCUT2D eigenvalue weighted by Crippen LogP contribution is -2.18. The molecule has 0 atom stereocenters. The van der Waals surface area contributed by atoms with Crippen molar-refractivity contribution in [3.63, 3.8) is 0 Å². The van der Waals surface area contributed by atoms with E-state index in [-0.39, 0.29) is 0 Å². The molecule has 122 valence electrons. The van der Waals surface area contributed by atoms with Gasteiger partial charge in [0.25, 0.3) is 0 Å². The molecule has 0 aliphatic carbocycles. The molecule has 2 nitrogen and oxygen atoms in total. The van der Waals surface area contributed by atoms with Crippen LogP contribution in [0.5, 0.6) is 0 Å². The van der Waals surface area contributed by atoms with Crippen molar-refractivity contribution in [2.75, 3.05) is 0 Å². The summed E-state index contributed by atoms with van der Waals surface area (Å²) in [6.07, 6.45) is -2.50. The van der Waals surface area contributed by atoms with Gasteiger partial charge in [-0.25, -0.2) is 0 Å². The summed E-state index contributed by atoms with van der Waals surface area (Å²) in [5, 5.41) is 0. The van der Waals surface area contributed by atoms with Crippen LogP contribution in [0.2, 0.25) is 0 Å². The molecule has 0 amide bonds. The highest BCUT2D eigenvalue weighted by atomic mass is 19.4. The molecule has 0 N–H and O–H groups in total. The minimum Gasteiger partial charge on any atom is -0.292 e. The number of nitrogens with zero attached hydrogens (tertiary/aromatic N) is 1. The molecular weight excluding hydrogens is 303 g/mol. The molecule has 2 aromatic rings. The Morgan fingerprint density at radius 2 is 1.87 bits per heavy atom. The second-order valence-corrected chi connectivity index (χ2v) is 5.69. The van der Waals surface area contributed by atoms with Gasteiger partial charge >= 0.3 is 6.18 Å². The van der Waals surface area contributed by atoms with Crippen LogP contribution >= 0.6 is 0 Å². The van der Waals surface area contributed by atoms with Crippen LogP contribution in [0.15, 0.2) is 36.5 Å². The van der Waals surface area contributed by atoms with Crippen molar-refractivity contribution < 1.29 is 18.0 Å². The Kier molecular flexibility index (Phi) is 4.88. The maximum atomic E-state index is 13.3. The number of aryl methyl sites for hydroxylation is 1. The van der Waals surface area contributed by atoms with Gasteiger partial charge in [-0.05, 0) is 23.6 Å². The monoisotopic (exact) mass is 321 g/mol. The van der Waals surface area contributed by atoms with E-state index in [0.717, 1.165) is 18.1 Å².